The van der Waals surface area contributed by atoms with Gasteiger partial charge < -0.3 is 9.47 Å². The fraction of sp³-hybridized carbons (Fsp3) is 0.250. The molecule has 0 aliphatic carbocycles. The third-order valence-electron chi connectivity index (χ3n) is 3.33. The summed E-state index contributed by atoms with van der Waals surface area (Å²) in [5, 5.41) is 0. The lowest BCUT2D eigenvalue weighted by Crippen LogP contribution is -2.26. The van der Waals surface area contributed by atoms with Crippen molar-refractivity contribution >= 4 is 10.0 Å². The summed E-state index contributed by atoms with van der Waals surface area (Å²) in [5.41, 5.74) is 0.740. The van der Waals surface area contributed by atoms with Gasteiger partial charge in [-0.25, -0.2) is 8.42 Å². The lowest BCUT2D eigenvalue weighted by molar-refractivity contribution is -0.274. The number of methoxy groups -OCH3 is 1. The minimum absolute atomic E-state index is 0.104. The zero-order valence-corrected chi connectivity index (χ0v) is 14.3. The van der Waals surface area contributed by atoms with E-state index < -0.39 is 22.1 Å². The smallest absolute Gasteiger partial charge is 0.497 e. The molecular formula is C16H16F3NO4S. The molecule has 0 spiro atoms. The predicted molar refractivity (Wildman–Crippen MR) is 84.8 cm³/mol. The van der Waals surface area contributed by atoms with Gasteiger partial charge in [-0.1, -0.05) is 12.1 Å². The van der Waals surface area contributed by atoms with E-state index in [4.69, 9.17) is 4.74 Å². The summed E-state index contributed by atoms with van der Waals surface area (Å²) < 4.78 is 71.3. The second-order valence-electron chi connectivity index (χ2n) is 5.13. The minimum Gasteiger partial charge on any atom is -0.497 e. The van der Waals surface area contributed by atoms with Crippen molar-refractivity contribution < 1.29 is 31.1 Å². The number of rotatable bonds is 6. The van der Waals surface area contributed by atoms with Crippen molar-refractivity contribution in [3.05, 3.63) is 54.1 Å². The summed E-state index contributed by atoms with van der Waals surface area (Å²) in [5.74, 6) is 0.166. The van der Waals surface area contributed by atoms with Gasteiger partial charge in [0.25, 0.3) is 0 Å². The summed E-state index contributed by atoms with van der Waals surface area (Å²) in [6.07, 6.45) is -4.83. The summed E-state index contributed by atoms with van der Waals surface area (Å²) in [4.78, 5) is -0.127. The zero-order chi connectivity index (χ0) is 18.7. The normalized spacial score (nSPS) is 12.2. The van der Waals surface area contributed by atoms with Crippen LogP contribution in [-0.4, -0.2) is 33.2 Å². The van der Waals surface area contributed by atoms with Gasteiger partial charge in [-0.2, -0.15) is 4.31 Å². The number of ether oxygens (including phenoxy) is 2. The number of nitrogens with zero attached hydrogens (tertiary/aromatic N) is 1. The van der Waals surface area contributed by atoms with E-state index in [-0.39, 0.29) is 11.4 Å². The summed E-state index contributed by atoms with van der Waals surface area (Å²) in [6.45, 7) is 0.104. The lowest BCUT2D eigenvalue weighted by atomic mass is 10.2. The van der Waals surface area contributed by atoms with Gasteiger partial charge in [0.05, 0.1) is 12.0 Å². The Kier molecular flexibility index (Phi) is 5.58. The lowest BCUT2D eigenvalue weighted by Gasteiger charge is -2.18. The van der Waals surface area contributed by atoms with Crippen molar-refractivity contribution in [1.29, 1.82) is 0 Å². The molecule has 0 aliphatic rings. The molecule has 0 aliphatic heterocycles. The van der Waals surface area contributed by atoms with Crippen molar-refractivity contribution in [2.45, 2.75) is 17.8 Å². The van der Waals surface area contributed by atoms with Gasteiger partial charge in [0.1, 0.15) is 11.5 Å². The summed E-state index contributed by atoms with van der Waals surface area (Å²) >= 11 is 0. The van der Waals surface area contributed by atoms with Crippen LogP contribution in [0.2, 0.25) is 0 Å². The Morgan fingerprint density at radius 1 is 0.960 bits per heavy atom. The van der Waals surface area contributed by atoms with Crippen LogP contribution < -0.4 is 9.47 Å². The molecule has 2 rings (SSSR count). The molecular weight excluding hydrogens is 359 g/mol. The van der Waals surface area contributed by atoms with E-state index in [1.807, 2.05) is 0 Å². The molecule has 25 heavy (non-hydrogen) atoms. The maximum absolute atomic E-state index is 12.5. The Labute approximate surface area is 143 Å². The molecule has 0 radical (unpaired) electrons. The largest absolute Gasteiger partial charge is 0.573 e. The standard InChI is InChI=1S/C16H16F3NO4S/c1-20(11-12-3-5-13(23-2)6-4-12)25(21,22)15-9-7-14(8-10-15)24-16(17,18)19/h3-10H,11H2,1-2H3. The second kappa shape index (κ2) is 7.32. The van der Waals surface area contributed by atoms with E-state index in [1.165, 1.54) is 14.2 Å². The molecule has 0 atom stereocenters. The molecule has 2 aromatic rings. The van der Waals surface area contributed by atoms with Crippen LogP contribution in [0.4, 0.5) is 13.2 Å². The highest BCUT2D eigenvalue weighted by Gasteiger charge is 2.31. The monoisotopic (exact) mass is 375 g/mol. The van der Waals surface area contributed by atoms with Crippen molar-refractivity contribution in [2.24, 2.45) is 0 Å². The van der Waals surface area contributed by atoms with Crippen LogP contribution in [0.25, 0.3) is 0 Å². The van der Waals surface area contributed by atoms with Crippen LogP contribution in [0.1, 0.15) is 5.56 Å². The van der Waals surface area contributed by atoms with Gasteiger partial charge in [-0.3, -0.25) is 0 Å². The highest BCUT2D eigenvalue weighted by Crippen LogP contribution is 2.25. The SMILES string of the molecule is COc1ccc(CN(C)S(=O)(=O)c2ccc(OC(F)(F)F)cc2)cc1. The van der Waals surface area contributed by atoms with Crippen molar-refractivity contribution in [1.82, 2.24) is 4.31 Å². The maximum Gasteiger partial charge on any atom is 0.573 e. The molecule has 2 aromatic carbocycles. The third-order valence-corrected chi connectivity index (χ3v) is 5.15. The van der Waals surface area contributed by atoms with Crippen LogP contribution in [0.15, 0.2) is 53.4 Å². The Hall–Kier alpha value is -2.26. The van der Waals surface area contributed by atoms with Gasteiger partial charge in [-0.15, -0.1) is 13.2 Å². The third kappa shape index (κ3) is 5.10. The fourth-order valence-corrected chi connectivity index (χ4v) is 3.23. The van der Waals surface area contributed by atoms with Crippen LogP contribution >= 0.6 is 0 Å². The highest BCUT2D eigenvalue weighted by atomic mass is 32.2. The Morgan fingerprint density at radius 3 is 1.96 bits per heavy atom. The molecule has 5 nitrogen and oxygen atoms in total. The molecule has 0 N–H and O–H groups in total. The summed E-state index contributed by atoms with van der Waals surface area (Å²) in [6, 6.07) is 10.9. The van der Waals surface area contributed by atoms with E-state index >= 15 is 0 Å². The van der Waals surface area contributed by atoms with E-state index in [2.05, 4.69) is 4.74 Å². The van der Waals surface area contributed by atoms with Gasteiger partial charge >= 0.3 is 6.36 Å². The fourth-order valence-electron chi connectivity index (χ4n) is 2.07. The van der Waals surface area contributed by atoms with Crippen LogP contribution in [-0.2, 0) is 16.6 Å². The summed E-state index contributed by atoms with van der Waals surface area (Å²) in [7, 11) is -0.934. The van der Waals surface area contributed by atoms with Gasteiger partial charge in [0.15, 0.2) is 0 Å². The second-order valence-corrected chi connectivity index (χ2v) is 7.17. The Bertz CT molecular complexity index is 803. The number of hydrogen-bond donors (Lipinski definition) is 0. The quantitative estimate of drug-likeness (QED) is 0.776. The Morgan fingerprint density at radius 2 is 1.48 bits per heavy atom. The van der Waals surface area contributed by atoms with Crippen LogP contribution in [0.3, 0.4) is 0 Å². The van der Waals surface area contributed by atoms with Gasteiger partial charge in [-0.05, 0) is 42.0 Å². The van der Waals surface area contributed by atoms with Gasteiger partial charge in [0, 0.05) is 13.6 Å². The molecule has 136 valence electrons. The van der Waals surface area contributed by atoms with Crippen molar-refractivity contribution in [3.63, 3.8) is 0 Å². The number of sulfonamides is 1. The van der Waals surface area contributed by atoms with E-state index in [0.717, 1.165) is 34.1 Å². The molecule has 0 amide bonds. The molecule has 9 heteroatoms. The first-order valence-electron chi connectivity index (χ1n) is 7.07. The number of alkyl halides is 3. The zero-order valence-electron chi connectivity index (χ0n) is 13.4. The number of halogens is 3. The molecule has 0 saturated carbocycles. The average Bonchev–Trinajstić information content (AvgIpc) is 2.54. The first-order chi connectivity index (χ1) is 11.6. The Balaban J connectivity index is 2.13. The van der Waals surface area contributed by atoms with Crippen LogP contribution in [0, 0.1) is 0 Å². The average molecular weight is 375 g/mol. The molecule has 0 saturated heterocycles. The topological polar surface area (TPSA) is 55.8 Å². The molecule has 0 bridgehead atoms. The molecule has 0 heterocycles. The van der Waals surface area contributed by atoms with Gasteiger partial charge in [0.2, 0.25) is 10.0 Å². The highest BCUT2D eigenvalue weighted by molar-refractivity contribution is 7.89. The van der Waals surface area contributed by atoms with Crippen molar-refractivity contribution in [3.8, 4) is 11.5 Å². The first-order valence-corrected chi connectivity index (χ1v) is 8.51. The van der Waals surface area contributed by atoms with E-state index in [0.29, 0.717) is 5.75 Å². The maximum atomic E-state index is 12.5. The minimum atomic E-state index is -4.83. The molecule has 0 fully saturated rings. The van der Waals surface area contributed by atoms with Crippen molar-refractivity contribution in [2.75, 3.05) is 14.2 Å². The first kappa shape index (κ1) is 19.1. The predicted octanol–water partition coefficient (Wildman–Crippen LogP) is 3.41. The number of hydrogen-bond acceptors (Lipinski definition) is 4. The van der Waals surface area contributed by atoms with E-state index in [9.17, 15) is 21.6 Å². The molecule has 0 unspecified atom stereocenters. The van der Waals surface area contributed by atoms with Crippen LogP contribution in [0.5, 0.6) is 11.5 Å². The van der Waals surface area contributed by atoms with E-state index in [1.54, 1.807) is 24.3 Å². The molecule has 0 aromatic heterocycles. The number of benzene rings is 2.